The molecule has 1 unspecified atom stereocenters. The SMILES string of the molecule is CC(C)NC(=O)C(C)NC(=O)COCC(=O)O. The van der Waals surface area contributed by atoms with Crippen molar-refractivity contribution in [2.24, 2.45) is 0 Å². The molecule has 0 saturated carbocycles. The minimum absolute atomic E-state index is 0.00916. The highest BCUT2D eigenvalue weighted by Crippen LogP contribution is 1.86. The average Bonchev–Trinajstić information content (AvgIpc) is 2.15. The monoisotopic (exact) mass is 246 g/mol. The average molecular weight is 246 g/mol. The third kappa shape index (κ3) is 8.21. The molecule has 0 spiro atoms. The molecule has 3 N–H and O–H groups in total. The Hall–Kier alpha value is -1.63. The number of amides is 2. The molecule has 0 aliphatic carbocycles. The highest BCUT2D eigenvalue weighted by molar-refractivity contribution is 5.87. The summed E-state index contributed by atoms with van der Waals surface area (Å²) in [4.78, 5) is 32.7. The smallest absolute Gasteiger partial charge is 0.329 e. The summed E-state index contributed by atoms with van der Waals surface area (Å²) in [7, 11) is 0. The van der Waals surface area contributed by atoms with Crippen molar-refractivity contribution < 1.29 is 24.2 Å². The third-order valence-corrected chi connectivity index (χ3v) is 1.66. The lowest BCUT2D eigenvalue weighted by Gasteiger charge is -2.15. The topological polar surface area (TPSA) is 105 Å². The maximum atomic E-state index is 11.4. The quantitative estimate of drug-likeness (QED) is 0.541. The van der Waals surface area contributed by atoms with E-state index in [-0.39, 0.29) is 18.6 Å². The molecule has 0 aliphatic rings. The van der Waals surface area contributed by atoms with Crippen LogP contribution in [0.25, 0.3) is 0 Å². The van der Waals surface area contributed by atoms with Crippen LogP contribution in [0, 0.1) is 0 Å². The van der Waals surface area contributed by atoms with Crippen molar-refractivity contribution in [1.82, 2.24) is 10.6 Å². The van der Waals surface area contributed by atoms with E-state index in [1.54, 1.807) is 0 Å². The molecule has 1 atom stereocenters. The maximum Gasteiger partial charge on any atom is 0.329 e. The van der Waals surface area contributed by atoms with Gasteiger partial charge in [-0.15, -0.1) is 0 Å². The zero-order valence-corrected chi connectivity index (χ0v) is 10.1. The first kappa shape index (κ1) is 15.4. The summed E-state index contributed by atoms with van der Waals surface area (Å²) in [6.07, 6.45) is 0. The minimum Gasteiger partial charge on any atom is -0.480 e. The van der Waals surface area contributed by atoms with Crippen LogP contribution in [0.2, 0.25) is 0 Å². The van der Waals surface area contributed by atoms with E-state index in [0.717, 1.165) is 0 Å². The lowest BCUT2D eigenvalue weighted by molar-refractivity contribution is -0.144. The number of hydrogen-bond donors (Lipinski definition) is 3. The molecule has 0 aliphatic heterocycles. The number of hydrogen-bond acceptors (Lipinski definition) is 4. The summed E-state index contributed by atoms with van der Waals surface area (Å²) in [6, 6.07) is -0.691. The fraction of sp³-hybridized carbons (Fsp3) is 0.700. The highest BCUT2D eigenvalue weighted by atomic mass is 16.5. The molecule has 7 heteroatoms. The Morgan fingerprint density at radius 3 is 2.18 bits per heavy atom. The van der Waals surface area contributed by atoms with Crippen LogP contribution < -0.4 is 10.6 Å². The predicted molar refractivity (Wildman–Crippen MR) is 59.3 cm³/mol. The summed E-state index contributed by atoms with van der Waals surface area (Å²) < 4.78 is 4.58. The van der Waals surface area contributed by atoms with Crippen molar-refractivity contribution in [3.8, 4) is 0 Å². The van der Waals surface area contributed by atoms with Crippen LogP contribution in [0.4, 0.5) is 0 Å². The summed E-state index contributed by atoms with van der Waals surface area (Å²) >= 11 is 0. The van der Waals surface area contributed by atoms with E-state index in [1.807, 2.05) is 13.8 Å². The summed E-state index contributed by atoms with van der Waals surface area (Å²) in [6.45, 7) is 4.23. The van der Waals surface area contributed by atoms with E-state index in [9.17, 15) is 14.4 Å². The van der Waals surface area contributed by atoms with Gasteiger partial charge in [0.1, 0.15) is 19.3 Å². The van der Waals surface area contributed by atoms with E-state index in [0.29, 0.717) is 0 Å². The minimum atomic E-state index is -1.15. The second-order valence-corrected chi connectivity index (χ2v) is 3.84. The van der Waals surface area contributed by atoms with Crippen LogP contribution in [0.15, 0.2) is 0 Å². The Balaban J connectivity index is 3.87. The number of carboxylic acids is 1. The summed E-state index contributed by atoms with van der Waals surface area (Å²) in [5.74, 6) is -1.98. The van der Waals surface area contributed by atoms with Gasteiger partial charge in [0.2, 0.25) is 11.8 Å². The van der Waals surface area contributed by atoms with Gasteiger partial charge < -0.3 is 20.5 Å². The molecule has 17 heavy (non-hydrogen) atoms. The molecule has 0 rings (SSSR count). The molecule has 0 aromatic rings. The van der Waals surface area contributed by atoms with Crippen LogP contribution in [-0.2, 0) is 19.1 Å². The highest BCUT2D eigenvalue weighted by Gasteiger charge is 2.16. The molecule has 0 saturated heterocycles. The van der Waals surface area contributed by atoms with E-state index in [4.69, 9.17) is 5.11 Å². The molecule has 0 aromatic carbocycles. The van der Waals surface area contributed by atoms with E-state index in [1.165, 1.54) is 6.92 Å². The molecule has 0 fully saturated rings. The van der Waals surface area contributed by atoms with Crippen molar-refractivity contribution in [2.75, 3.05) is 13.2 Å². The van der Waals surface area contributed by atoms with Gasteiger partial charge in [-0.1, -0.05) is 0 Å². The molecule has 7 nitrogen and oxygen atoms in total. The fourth-order valence-corrected chi connectivity index (χ4v) is 0.989. The standard InChI is InChI=1S/C10H18N2O5/c1-6(2)11-10(16)7(3)12-8(13)4-17-5-9(14)15/h6-7H,4-5H2,1-3H3,(H,11,16)(H,12,13)(H,14,15). The number of carbonyl (C=O) groups is 3. The van der Waals surface area contributed by atoms with Gasteiger partial charge in [-0.05, 0) is 20.8 Å². The maximum absolute atomic E-state index is 11.4. The molecule has 2 amide bonds. The van der Waals surface area contributed by atoms with Crippen molar-refractivity contribution in [3.05, 3.63) is 0 Å². The van der Waals surface area contributed by atoms with Crippen LogP contribution >= 0.6 is 0 Å². The molecular weight excluding hydrogens is 228 g/mol. The second-order valence-electron chi connectivity index (χ2n) is 3.84. The van der Waals surface area contributed by atoms with Gasteiger partial charge in [0.25, 0.3) is 0 Å². The Kier molecular flexibility index (Phi) is 6.88. The van der Waals surface area contributed by atoms with Crippen LogP contribution in [0.1, 0.15) is 20.8 Å². The van der Waals surface area contributed by atoms with E-state index < -0.39 is 24.5 Å². The number of carboxylic acid groups (broad SMARTS) is 1. The van der Waals surface area contributed by atoms with Gasteiger partial charge in [-0.25, -0.2) is 4.79 Å². The Bertz CT molecular complexity index is 290. The molecule has 0 bridgehead atoms. The number of aliphatic carboxylic acids is 1. The lowest BCUT2D eigenvalue weighted by Crippen LogP contribution is -2.47. The number of carbonyl (C=O) groups excluding carboxylic acids is 2. The largest absolute Gasteiger partial charge is 0.480 e. The number of nitrogens with one attached hydrogen (secondary N) is 2. The zero-order valence-electron chi connectivity index (χ0n) is 10.1. The van der Waals surface area contributed by atoms with Crippen LogP contribution in [0.5, 0.6) is 0 Å². The van der Waals surface area contributed by atoms with Gasteiger partial charge in [-0.2, -0.15) is 0 Å². The predicted octanol–water partition coefficient (Wildman–Crippen LogP) is -0.883. The molecule has 0 heterocycles. The van der Waals surface area contributed by atoms with Crippen LogP contribution in [-0.4, -0.2) is 48.2 Å². The molecule has 0 radical (unpaired) electrons. The summed E-state index contributed by atoms with van der Waals surface area (Å²) in [5, 5.41) is 13.3. The van der Waals surface area contributed by atoms with Crippen molar-refractivity contribution in [2.45, 2.75) is 32.9 Å². The van der Waals surface area contributed by atoms with Crippen molar-refractivity contribution >= 4 is 17.8 Å². The molecular formula is C10H18N2O5. The first-order valence-electron chi connectivity index (χ1n) is 5.22. The normalized spacial score (nSPS) is 12.0. The van der Waals surface area contributed by atoms with Crippen molar-refractivity contribution in [3.63, 3.8) is 0 Å². The van der Waals surface area contributed by atoms with Crippen LogP contribution in [0.3, 0.4) is 0 Å². The summed E-state index contributed by atoms with van der Waals surface area (Å²) in [5.41, 5.74) is 0. The lowest BCUT2D eigenvalue weighted by atomic mass is 10.3. The first-order valence-corrected chi connectivity index (χ1v) is 5.22. The van der Waals surface area contributed by atoms with E-state index >= 15 is 0 Å². The van der Waals surface area contributed by atoms with Gasteiger partial charge in [0, 0.05) is 6.04 Å². The van der Waals surface area contributed by atoms with Gasteiger partial charge in [0.15, 0.2) is 0 Å². The van der Waals surface area contributed by atoms with E-state index in [2.05, 4.69) is 15.4 Å². The number of ether oxygens (including phenoxy) is 1. The van der Waals surface area contributed by atoms with Gasteiger partial charge >= 0.3 is 5.97 Å². The van der Waals surface area contributed by atoms with Crippen molar-refractivity contribution in [1.29, 1.82) is 0 Å². The zero-order chi connectivity index (χ0) is 13.4. The third-order valence-electron chi connectivity index (χ3n) is 1.66. The van der Waals surface area contributed by atoms with Gasteiger partial charge in [-0.3, -0.25) is 9.59 Å². The second kappa shape index (κ2) is 7.61. The molecule has 98 valence electrons. The first-order chi connectivity index (χ1) is 7.82. The van der Waals surface area contributed by atoms with Gasteiger partial charge in [0.05, 0.1) is 0 Å². The number of rotatable bonds is 7. The Morgan fingerprint density at radius 1 is 1.12 bits per heavy atom. The Morgan fingerprint density at radius 2 is 1.71 bits per heavy atom. The molecule has 0 aromatic heterocycles. The fourth-order valence-electron chi connectivity index (χ4n) is 0.989. The Labute approximate surface area is 99.5 Å².